The Labute approximate surface area is 155 Å². The molecule has 0 unspecified atom stereocenters. The van der Waals surface area contributed by atoms with Crippen LogP contribution in [0.5, 0.6) is 0 Å². The van der Waals surface area contributed by atoms with Gasteiger partial charge in [0.05, 0.1) is 5.56 Å². The van der Waals surface area contributed by atoms with Gasteiger partial charge >= 0.3 is 0 Å². The fraction of sp³-hybridized carbons (Fsp3) is 0.250. The lowest BCUT2D eigenvalue weighted by Gasteiger charge is -2.34. The second-order valence-corrected chi connectivity index (χ2v) is 6.95. The summed E-state index contributed by atoms with van der Waals surface area (Å²) in [5, 5.41) is 0. The third kappa shape index (κ3) is 4.77. The van der Waals surface area contributed by atoms with Crippen molar-refractivity contribution in [1.29, 1.82) is 0 Å². The predicted molar refractivity (Wildman–Crippen MR) is 102 cm³/mol. The first-order valence-corrected chi connectivity index (χ1v) is 9.11. The van der Waals surface area contributed by atoms with E-state index in [0.29, 0.717) is 17.6 Å². The molecule has 5 heteroatoms. The lowest BCUT2D eigenvalue weighted by Crippen LogP contribution is -2.48. The van der Waals surface area contributed by atoms with E-state index in [1.165, 1.54) is 11.6 Å². The Morgan fingerprint density at radius 3 is 2.52 bits per heavy atom. The van der Waals surface area contributed by atoms with Crippen LogP contribution in [0, 0.1) is 5.82 Å². The van der Waals surface area contributed by atoms with Gasteiger partial charge in [-0.1, -0.05) is 58.4 Å². The molecular formula is C20H20BrFN2O. The quantitative estimate of drug-likeness (QED) is 0.769. The smallest absolute Gasteiger partial charge is 0.256 e. The number of hydrogen-bond donors (Lipinski definition) is 0. The van der Waals surface area contributed by atoms with E-state index in [1.54, 1.807) is 17.0 Å². The van der Waals surface area contributed by atoms with Crippen molar-refractivity contribution in [3.05, 3.63) is 76.0 Å². The highest BCUT2D eigenvalue weighted by atomic mass is 79.9. The Kier molecular flexibility index (Phi) is 6.00. The standard InChI is InChI=1S/C20H20BrFN2O/c21-17-8-9-19(22)18(15-17)20(25)24-13-11-23(12-14-24)10-4-7-16-5-2-1-3-6-16/h1-9,15H,10-14H2/b7-4+. The van der Waals surface area contributed by atoms with Crippen molar-refractivity contribution in [2.45, 2.75) is 0 Å². The van der Waals surface area contributed by atoms with Gasteiger partial charge in [0, 0.05) is 37.2 Å². The van der Waals surface area contributed by atoms with Gasteiger partial charge in [-0.25, -0.2) is 4.39 Å². The monoisotopic (exact) mass is 402 g/mol. The Hall–Kier alpha value is -1.98. The van der Waals surface area contributed by atoms with E-state index < -0.39 is 5.82 Å². The second kappa shape index (κ2) is 8.41. The van der Waals surface area contributed by atoms with E-state index in [0.717, 1.165) is 19.6 Å². The summed E-state index contributed by atoms with van der Waals surface area (Å²) in [4.78, 5) is 16.5. The van der Waals surface area contributed by atoms with Crippen molar-refractivity contribution in [2.24, 2.45) is 0 Å². The molecule has 2 aromatic rings. The van der Waals surface area contributed by atoms with E-state index in [2.05, 4.69) is 45.1 Å². The molecule has 1 amide bonds. The van der Waals surface area contributed by atoms with Gasteiger partial charge < -0.3 is 4.90 Å². The van der Waals surface area contributed by atoms with Crippen LogP contribution in [-0.4, -0.2) is 48.4 Å². The molecule has 0 bridgehead atoms. The molecule has 0 aliphatic carbocycles. The summed E-state index contributed by atoms with van der Waals surface area (Å²) < 4.78 is 14.6. The van der Waals surface area contributed by atoms with Crippen LogP contribution in [0.15, 0.2) is 59.1 Å². The summed E-state index contributed by atoms with van der Waals surface area (Å²) in [7, 11) is 0. The largest absolute Gasteiger partial charge is 0.336 e. The molecule has 1 fully saturated rings. The second-order valence-electron chi connectivity index (χ2n) is 6.03. The zero-order chi connectivity index (χ0) is 17.6. The minimum absolute atomic E-state index is 0.131. The number of carbonyl (C=O) groups is 1. The summed E-state index contributed by atoms with van der Waals surface area (Å²) in [6, 6.07) is 14.6. The average molecular weight is 403 g/mol. The van der Waals surface area contributed by atoms with Gasteiger partial charge in [-0.3, -0.25) is 9.69 Å². The minimum Gasteiger partial charge on any atom is -0.336 e. The van der Waals surface area contributed by atoms with Crippen molar-refractivity contribution in [3.63, 3.8) is 0 Å². The maximum atomic E-state index is 13.9. The Balaban J connectivity index is 1.52. The van der Waals surface area contributed by atoms with Crippen LogP contribution in [0.25, 0.3) is 6.08 Å². The molecule has 1 heterocycles. The highest BCUT2D eigenvalue weighted by molar-refractivity contribution is 9.10. The maximum Gasteiger partial charge on any atom is 0.256 e. The fourth-order valence-electron chi connectivity index (χ4n) is 2.87. The topological polar surface area (TPSA) is 23.6 Å². The van der Waals surface area contributed by atoms with Gasteiger partial charge in [-0.05, 0) is 23.8 Å². The Morgan fingerprint density at radius 1 is 1.08 bits per heavy atom. The van der Waals surface area contributed by atoms with Gasteiger partial charge in [0.1, 0.15) is 5.82 Å². The van der Waals surface area contributed by atoms with E-state index in [-0.39, 0.29) is 11.5 Å². The zero-order valence-corrected chi connectivity index (χ0v) is 15.5. The molecule has 25 heavy (non-hydrogen) atoms. The van der Waals surface area contributed by atoms with Gasteiger partial charge in [-0.2, -0.15) is 0 Å². The van der Waals surface area contributed by atoms with E-state index in [4.69, 9.17) is 0 Å². The van der Waals surface area contributed by atoms with Crippen LogP contribution in [0.3, 0.4) is 0 Å². The molecule has 0 radical (unpaired) electrons. The fourth-order valence-corrected chi connectivity index (χ4v) is 3.23. The highest BCUT2D eigenvalue weighted by Crippen LogP contribution is 2.18. The van der Waals surface area contributed by atoms with E-state index >= 15 is 0 Å². The number of rotatable bonds is 4. The first-order chi connectivity index (χ1) is 12.1. The minimum atomic E-state index is -0.471. The van der Waals surface area contributed by atoms with Gasteiger partial charge in [0.15, 0.2) is 0 Å². The van der Waals surface area contributed by atoms with Crippen LogP contribution in [-0.2, 0) is 0 Å². The Morgan fingerprint density at radius 2 is 1.80 bits per heavy atom. The summed E-state index contributed by atoms with van der Waals surface area (Å²) in [5.41, 5.74) is 1.31. The molecule has 0 spiro atoms. The number of hydrogen-bond acceptors (Lipinski definition) is 2. The van der Waals surface area contributed by atoms with Gasteiger partial charge in [-0.15, -0.1) is 0 Å². The van der Waals surface area contributed by atoms with Crippen LogP contribution < -0.4 is 0 Å². The SMILES string of the molecule is O=C(c1cc(Br)ccc1F)N1CCN(C/C=C/c2ccccc2)CC1. The summed E-state index contributed by atoms with van der Waals surface area (Å²) in [5.74, 6) is -0.709. The first kappa shape index (κ1) is 17.8. The average Bonchev–Trinajstić information content (AvgIpc) is 2.65. The first-order valence-electron chi connectivity index (χ1n) is 8.32. The number of carbonyl (C=O) groups excluding carboxylic acids is 1. The summed E-state index contributed by atoms with van der Waals surface area (Å²) >= 11 is 3.29. The number of benzene rings is 2. The van der Waals surface area contributed by atoms with Crippen molar-refractivity contribution in [1.82, 2.24) is 9.80 Å². The Bertz CT molecular complexity index is 756. The molecule has 3 nitrogen and oxygen atoms in total. The molecule has 1 saturated heterocycles. The number of piperazine rings is 1. The van der Waals surface area contributed by atoms with Crippen LogP contribution in [0.4, 0.5) is 4.39 Å². The molecule has 130 valence electrons. The van der Waals surface area contributed by atoms with Crippen LogP contribution in [0.2, 0.25) is 0 Å². The molecule has 2 aromatic carbocycles. The molecule has 3 rings (SSSR count). The maximum absolute atomic E-state index is 13.9. The van der Waals surface area contributed by atoms with Crippen molar-refractivity contribution >= 4 is 27.9 Å². The zero-order valence-electron chi connectivity index (χ0n) is 13.9. The van der Waals surface area contributed by atoms with Crippen molar-refractivity contribution in [2.75, 3.05) is 32.7 Å². The van der Waals surface area contributed by atoms with Gasteiger partial charge in [0.25, 0.3) is 5.91 Å². The lowest BCUT2D eigenvalue weighted by molar-refractivity contribution is 0.0645. The summed E-state index contributed by atoms with van der Waals surface area (Å²) in [6.07, 6.45) is 4.25. The third-order valence-electron chi connectivity index (χ3n) is 4.29. The lowest BCUT2D eigenvalue weighted by atomic mass is 10.1. The van der Waals surface area contributed by atoms with Crippen molar-refractivity contribution < 1.29 is 9.18 Å². The predicted octanol–water partition coefficient (Wildman–Crippen LogP) is 4.06. The highest BCUT2D eigenvalue weighted by Gasteiger charge is 2.23. The molecule has 0 atom stereocenters. The van der Waals surface area contributed by atoms with Crippen LogP contribution in [0.1, 0.15) is 15.9 Å². The van der Waals surface area contributed by atoms with Crippen molar-refractivity contribution in [3.8, 4) is 0 Å². The van der Waals surface area contributed by atoms with E-state index in [1.807, 2.05) is 18.2 Å². The van der Waals surface area contributed by atoms with Crippen LogP contribution >= 0.6 is 15.9 Å². The molecule has 0 N–H and O–H groups in total. The molecule has 1 aliphatic rings. The van der Waals surface area contributed by atoms with Gasteiger partial charge in [0.2, 0.25) is 0 Å². The number of nitrogens with zero attached hydrogens (tertiary/aromatic N) is 2. The molecule has 0 saturated carbocycles. The third-order valence-corrected chi connectivity index (χ3v) is 4.79. The van der Waals surface area contributed by atoms with E-state index in [9.17, 15) is 9.18 Å². The molecular weight excluding hydrogens is 383 g/mol. The molecule has 0 aromatic heterocycles. The number of amides is 1. The normalized spacial score (nSPS) is 15.7. The molecule has 1 aliphatic heterocycles. The summed E-state index contributed by atoms with van der Waals surface area (Å²) in [6.45, 7) is 3.66. The number of halogens is 2.